The largest absolute Gasteiger partial charge is 0.464 e. The lowest BCUT2D eigenvalue weighted by atomic mass is 10.2. The first-order chi connectivity index (χ1) is 13.3. The minimum Gasteiger partial charge on any atom is -0.464 e. The zero-order chi connectivity index (χ0) is 20.3. The summed E-state index contributed by atoms with van der Waals surface area (Å²) in [5.41, 5.74) is 1.01. The molecule has 2 aromatic carbocycles. The van der Waals surface area contributed by atoms with Gasteiger partial charge in [0.15, 0.2) is 12.4 Å². The molecule has 28 heavy (non-hydrogen) atoms. The molecule has 0 bridgehead atoms. The molecule has 1 heterocycles. The predicted octanol–water partition coefficient (Wildman–Crippen LogP) is 4.18. The summed E-state index contributed by atoms with van der Waals surface area (Å²) in [6, 6.07) is 9.49. The third-order valence-electron chi connectivity index (χ3n) is 3.86. The number of nitro benzene ring substituents is 1. The van der Waals surface area contributed by atoms with Gasteiger partial charge in [0.25, 0.3) is 5.91 Å². The van der Waals surface area contributed by atoms with E-state index in [1.54, 1.807) is 25.1 Å². The Labute approximate surface area is 163 Å². The summed E-state index contributed by atoms with van der Waals surface area (Å²) >= 11 is 6.03. The van der Waals surface area contributed by atoms with Gasteiger partial charge in [0, 0.05) is 29.0 Å². The number of aromatic nitrogens is 2. The predicted molar refractivity (Wildman–Crippen MR) is 100 cm³/mol. The van der Waals surface area contributed by atoms with Crippen LogP contribution in [0.4, 0.5) is 15.8 Å². The average molecular weight is 405 g/mol. The topological polar surface area (TPSA) is 99.3 Å². The molecule has 1 amide bonds. The molecule has 0 aliphatic heterocycles. The molecule has 0 radical (unpaired) electrons. The third kappa shape index (κ3) is 4.26. The highest BCUT2D eigenvalue weighted by Gasteiger charge is 2.17. The van der Waals surface area contributed by atoms with E-state index in [1.165, 1.54) is 16.9 Å². The van der Waals surface area contributed by atoms with Gasteiger partial charge in [-0.05, 0) is 36.8 Å². The van der Waals surface area contributed by atoms with E-state index in [0.29, 0.717) is 10.7 Å². The van der Waals surface area contributed by atoms with Gasteiger partial charge in [-0.25, -0.2) is 9.07 Å². The molecular weight excluding hydrogens is 391 g/mol. The smallest absolute Gasteiger partial charge is 0.311 e. The zero-order valence-corrected chi connectivity index (χ0v) is 15.3. The Hall–Kier alpha value is -3.46. The van der Waals surface area contributed by atoms with Gasteiger partial charge in [-0.15, -0.1) is 0 Å². The van der Waals surface area contributed by atoms with Crippen molar-refractivity contribution in [2.75, 3.05) is 5.32 Å². The molecule has 8 nitrogen and oxygen atoms in total. The minimum absolute atomic E-state index is 0.108. The van der Waals surface area contributed by atoms with Crippen LogP contribution >= 0.6 is 11.6 Å². The van der Waals surface area contributed by atoms with E-state index in [0.717, 1.165) is 23.8 Å². The van der Waals surface area contributed by atoms with Crippen molar-refractivity contribution in [3.63, 3.8) is 0 Å². The molecule has 3 aromatic rings. The number of anilines is 1. The number of rotatable bonds is 6. The van der Waals surface area contributed by atoms with E-state index in [1.807, 2.05) is 0 Å². The third-order valence-corrected chi connectivity index (χ3v) is 4.27. The Kier molecular flexibility index (Phi) is 5.55. The van der Waals surface area contributed by atoms with Crippen molar-refractivity contribution in [3.8, 4) is 5.75 Å². The standard InChI is InChI=1S/C18H14ClFN4O4/c1-11-13(19)3-2-4-14(11)21-18(25)15-7-8-23(22-15)10-28-17-9-12(20)5-6-16(17)24(26)27/h2-9H,10H2,1H3,(H,21,25). The highest BCUT2D eigenvalue weighted by atomic mass is 35.5. The normalized spacial score (nSPS) is 10.5. The maximum Gasteiger partial charge on any atom is 0.311 e. The second-order valence-electron chi connectivity index (χ2n) is 5.75. The Morgan fingerprint density at radius 1 is 1.36 bits per heavy atom. The Morgan fingerprint density at radius 2 is 2.14 bits per heavy atom. The molecule has 144 valence electrons. The molecule has 0 saturated heterocycles. The summed E-state index contributed by atoms with van der Waals surface area (Å²) in [6.07, 6.45) is 1.46. The molecule has 0 atom stereocenters. The number of hydrogen-bond donors (Lipinski definition) is 1. The highest BCUT2D eigenvalue weighted by Crippen LogP contribution is 2.27. The molecular formula is C18H14ClFN4O4. The molecule has 0 aliphatic rings. The molecule has 0 fully saturated rings. The fourth-order valence-electron chi connectivity index (χ4n) is 2.37. The average Bonchev–Trinajstić information content (AvgIpc) is 3.13. The van der Waals surface area contributed by atoms with Crippen LogP contribution in [0.2, 0.25) is 5.02 Å². The number of nitrogens with zero attached hydrogens (tertiary/aromatic N) is 3. The second kappa shape index (κ2) is 8.05. The Bertz CT molecular complexity index is 1050. The Balaban J connectivity index is 1.69. The van der Waals surface area contributed by atoms with Crippen LogP contribution in [-0.4, -0.2) is 20.6 Å². The molecule has 0 spiro atoms. The van der Waals surface area contributed by atoms with Crippen LogP contribution in [0, 0.1) is 22.9 Å². The van der Waals surface area contributed by atoms with Crippen molar-refractivity contribution in [1.29, 1.82) is 0 Å². The van der Waals surface area contributed by atoms with Crippen LogP contribution in [0.1, 0.15) is 16.1 Å². The molecule has 1 aromatic heterocycles. The van der Waals surface area contributed by atoms with Crippen molar-refractivity contribution < 1.29 is 18.8 Å². The number of nitrogens with one attached hydrogen (secondary N) is 1. The van der Waals surface area contributed by atoms with Gasteiger partial charge >= 0.3 is 5.69 Å². The highest BCUT2D eigenvalue weighted by molar-refractivity contribution is 6.31. The number of halogens is 2. The van der Waals surface area contributed by atoms with Crippen LogP contribution in [0.5, 0.6) is 5.75 Å². The van der Waals surface area contributed by atoms with Crippen LogP contribution in [0.25, 0.3) is 0 Å². The number of carbonyl (C=O) groups excluding carboxylic acids is 1. The van der Waals surface area contributed by atoms with Crippen molar-refractivity contribution in [1.82, 2.24) is 9.78 Å². The molecule has 0 unspecified atom stereocenters. The monoisotopic (exact) mass is 404 g/mol. The quantitative estimate of drug-likeness (QED) is 0.490. The molecule has 3 rings (SSSR count). The van der Waals surface area contributed by atoms with Crippen molar-refractivity contribution in [2.45, 2.75) is 13.7 Å². The van der Waals surface area contributed by atoms with Gasteiger partial charge in [-0.3, -0.25) is 14.9 Å². The maximum absolute atomic E-state index is 13.3. The number of ether oxygens (including phenoxy) is 1. The minimum atomic E-state index is -0.677. The number of nitro groups is 1. The number of carbonyl (C=O) groups is 1. The summed E-state index contributed by atoms with van der Waals surface area (Å²) in [5, 5.41) is 18.3. The summed E-state index contributed by atoms with van der Waals surface area (Å²) in [4.78, 5) is 22.6. The van der Waals surface area contributed by atoms with E-state index < -0.39 is 16.6 Å². The van der Waals surface area contributed by atoms with E-state index in [9.17, 15) is 19.3 Å². The second-order valence-corrected chi connectivity index (χ2v) is 6.16. The van der Waals surface area contributed by atoms with E-state index >= 15 is 0 Å². The van der Waals surface area contributed by atoms with E-state index in [4.69, 9.17) is 16.3 Å². The first-order valence-electron chi connectivity index (χ1n) is 8.02. The van der Waals surface area contributed by atoms with Gasteiger partial charge < -0.3 is 10.1 Å². The van der Waals surface area contributed by atoms with Crippen LogP contribution < -0.4 is 10.1 Å². The number of amides is 1. The summed E-state index contributed by atoms with van der Waals surface area (Å²) < 4.78 is 19.9. The lowest BCUT2D eigenvalue weighted by Crippen LogP contribution is -2.15. The maximum atomic E-state index is 13.3. The van der Waals surface area contributed by atoms with Crippen LogP contribution in [0.3, 0.4) is 0 Å². The fraction of sp³-hybridized carbons (Fsp3) is 0.111. The first kappa shape index (κ1) is 19.3. The van der Waals surface area contributed by atoms with Gasteiger partial charge in [0.2, 0.25) is 5.75 Å². The van der Waals surface area contributed by atoms with E-state index in [-0.39, 0.29) is 23.9 Å². The molecule has 10 heteroatoms. The zero-order valence-electron chi connectivity index (χ0n) is 14.6. The van der Waals surface area contributed by atoms with E-state index in [2.05, 4.69) is 10.4 Å². The Morgan fingerprint density at radius 3 is 2.89 bits per heavy atom. The van der Waals surface area contributed by atoms with Gasteiger partial charge in [0.1, 0.15) is 5.82 Å². The van der Waals surface area contributed by atoms with Crippen molar-refractivity contribution in [3.05, 3.63) is 80.9 Å². The van der Waals surface area contributed by atoms with Crippen LogP contribution in [0.15, 0.2) is 48.7 Å². The molecule has 1 N–H and O–H groups in total. The van der Waals surface area contributed by atoms with Crippen molar-refractivity contribution >= 4 is 28.9 Å². The fourth-order valence-corrected chi connectivity index (χ4v) is 2.55. The first-order valence-corrected chi connectivity index (χ1v) is 8.39. The summed E-state index contributed by atoms with van der Waals surface area (Å²) in [5.74, 6) is -1.36. The van der Waals surface area contributed by atoms with Crippen molar-refractivity contribution in [2.24, 2.45) is 0 Å². The molecule has 0 saturated carbocycles. The van der Waals surface area contributed by atoms with Gasteiger partial charge in [-0.2, -0.15) is 5.10 Å². The summed E-state index contributed by atoms with van der Waals surface area (Å²) in [6.45, 7) is 1.53. The number of hydrogen-bond acceptors (Lipinski definition) is 5. The lowest BCUT2D eigenvalue weighted by Gasteiger charge is -2.08. The molecule has 0 aliphatic carbocycles. The lowest BCUT2D eigenvalue weighted by molar-refractivity contribution is -0.386. The van der Waals surface area contributed by atoms with Gasteiger partial charge in [-0.1, -0.05) is 17.7 Å². The number of benzene rings is 2. The SMILES string of the molecule is Cc1c(Cl)cccc1NC(=O)c1ccn(COc2cc(F)ccc2[N+](=O)[O-])n1. The van der Waals surface area contributed by atoms with Crippen LogP contribution in [-0.2, 0) is 6.73 Å². The summed E-state index contributed by atoms with van der Waals surface area (Å²) in [7, 11) is 0. The van der Waals surface area contributed by atoms with Gasteiger partial charge in [0.05, 0.1) is 4.92 Å².